The number of aromatic nitrogens is 1. The molecule has 1 N–H and O–H groups in total. The van der Waals surface area contributed by atoms with Crippen LogP contribution in [-0.2, 0) is 0 Å². The number of benzene rings is 1. The molecule has 0 atom stereocenters. The first kappa shape index (κ1) is 11.6. The average molecular weight is 256 g/mol. The minimum Gasteiger partial charge on any atom is -0.475 e. The van der Waals surface area contributed by atoms with Gasteiger partial charge in [-0.15, -0.1) is 0 Å². The van der Waals surface area contributed by atoms with E-state index in [1.807, 2.05) is 0 Å². The largest absolute Gasteiger partial charge is 0.475 e. The van der Waals surface area contributed by atoms with E-state index in [9.17, 15) is 9.18 Å². The second kappa shape index (κ2) is 4.18. The number of carboxylic acid groups (broad SMARTS) is 1. The molecule has 0 saturated heterocycles. The van der Waals surface area contributed by atoms with Crippen molar-refractivity contribution in [2.75, 3.05) is 0 Å². The van der Waals surface area contributed by atoms with Crippen LogP contribution in [0.4, 0.5) is 4.39 Å². The maximum Gasteiger partial charge on any atom is 0.373 e. The molecule has 0 aliphatic carbocycles. The van der Waals surface area contributed by atoms with Gasteiger partial charge in [0.15, 0.2) is 0 Å². The number of halogens is 2. The molecule has 88 valence electrons. The molecule has 1 aromatic heterocycles. The van der Waals surface area contributed by atoms with Crippen LogP contribution in [0.1, 0.15) is 16.2 Å². The van der Waals surface area contributed by atoms with Crippen LogP contribution in [0.3, 0.4) is 0 Å². The van der Waals surface area contributed by atoms with Gasteiger partial charge in [0.25, 0.3) is 0 Å². The monoisotopic (exact) mass is 255 g/mol. The Balaban J connectivity index is 2.53. The highest BCUT2D eigenvalue weighted by Gasteiger charge is 2.19. The number of carbonyl (C=O) groups is 1. The number of oxazole rings is 1. The van der Waals surface area contributed by atoms with Crippen molar-refractivity contribution in [3.63, 3.8) is 0 Å². The number of hydrogen-bond acceptors (Lipinski definition) is 3. The highest BCUT2D eigenvalue weighted by molar-refractivity contribution is 6.30. The SMILES string of the molecule is Cc1nc(-c2ccc(Cl)cc2F)oc1C(=O)O. The molecule has 0 radical (unpaired) electrons. The molecule has 0 saturated carbocycles. The molecule has 0 amide bonds. The second-order valence-electron chi connectivity index (χ2n) is 3.36. The first-order valence-corrected chi connectivity index (χ1v) is 5.03. The van der Waals surface area contributed by atoms with Crippen LogP contribution in [0.15, 0.2) is 22.6 Å². The number of aromatic carboxylic acids is 1. The topological polar surface area (TPSA) is 63.3 Å². The Morgan fingerprint density at radius 3 is 2.76 bits per heavy atom. The predicted octanol–water partition coefficient (Wildman–Crippen LogP) is 3.14. The first-order chi connectivity index (χ1) is 7.99. The molecular formula is C11H7ClFNO3. The number of carboxylic acids is 1. The molecule has 4 nitrogen and oxygen atoms in total. The lowest BCUT2D eigenvalue weighted by atomic mass is 10.2. The summed E-state index contributed by atoms with van der Waals surface area (Å²) >= 11 is 5.61. The van der Waals surface area contributed by atoms with Gasteiger partial charge in [-0.05, 0) is 25.1 Å². The van der Waals surface area contributed by atoms with Gasteiger partial charge in [-0.1, -0.05) is 11.6 Å². The number of aryl methyl sites for hydroxylation is 1. The lowest BCUT2D eigenvalue weighted by Crippen LogP contribution is -1.95. The predicted molar refractivity (Wildman–Crippen MR) is 58.6 cm³/mol. The normalized spacial score (nSPS) is 10.5. The summed E-state index contributed by atoms with van der Waals surface area (Å²) in [7, 11) is 0. The van der Waals surface area contributed by atoms with Crippen LogP contribution >= 0.6 is 11.6 Å². The van der Waals surface area contributed by atoms with E-state index in [0.29, 0.717) is 0 Å². The minimum absolute atomic E-state index is 0.0741. The molecule has 1 aromatic carbocycles. The van der Waals surface area contributed by atoms with E-state index in [-0.39, 0.29) is 27.9 Å². The van der Waals surface area contributed by atoms with Crippen LogP contribution in [0, 0.1) is 12.7 Å². The Morgan fingerprint density at radius 1 is 1.53 bits per heavy atom. The van der Waals surface area contributed by atoms with Gasteiger partial charge in [0, 0.05) is 5.02 Å². The third-order valence-electron chi connectivity index (χ3n) is 2.15. The maximum absolute atomic E-state index is 13.5. The second-order valence-corrected chi connectivity index (χ2v) is 3.80. The Bertz CT molecular complexity index is 594. The molecular weight excluding hydrogens is 249 g/mol. The van der Waals surface area contributed by atoms with Crippen LogP contribution < -0.4 is 0 Å². The third kappa shape index (κ3) is 2.14. The third-order valence-corrected chi connectivity index (χ3v) is 2.39. The van der Waals surface area contributed by atoms with Crippen molar-refractivity contribution in [3.8, 4) is 11.5 Å². The molecule has 6 heteroatoms. The Hall–Kier alpha value is -1.88. The lowest BCUT2D eigenvalue weighted by Gasteiger charge is -1.98. The van der Waals surface area contributed by atoms with E-state index < -0.39 is 11.8 Å². The summed E-state index contributed by atoms with van der Waals surface area (Å²) < 4.78 is 18.5. The highest BCUT2D eigenvalue weighted by atomic mass is 35.5. The van der Waals surface area contributed by atoms with Gasteiger partial charge in [-0.25, -0.2) is 14.2 Å². The van der Waals surface area contributed by atoms with Gasteiger partial charge in [-0.3, -0.25) is 0 Å². The Kier molecular flexibility index (Phi) is 2.85. The van der Waals surface area contributed by atoms with E-state index >= 15 is 0 Å². The van der Waals surface area contributed by atoms with Gasteiger partial charge < -0.3 is 9.52 Å². The molecule has 0 aliphatic rings. The van der Waals surface area contributed by atoms with Crippen LogP contribution in [0.2, 0.25) is 5.02 Å². The fourth-order valence-corrected chi connectivity index (χ4v) is 1.53. The molecule has 0 unspecified atom stereocenters. The molecule has 2 rings (SSSR count). The number of rotatable bonds is 2. The highest BCUT2D eigenvalue weighted by Crippen LogP contribution is 2.26. The zero-order chi connectivity index (χ0) is 12.6. The van der Waals surface area contributed by atoms with Crippen molar-refractivity contribution in [1.82, 2.24) is 4.98 Å². The van der Waals surface area contributed by atoms with Crippen LogP contribution in [0.5, 0.6) is 0 Å². The van der Waals surface area contributed by atoms with Crippen LogP contribution in [0.25, 0.3) is 11.5 Å². The van der Waals surface area contributed by atoms with Crippen molar-refractivity contribution < 1.29 is 18.7 Å². The Labute approximate surface area is 101 Å². The number of nitrogens with zero attached hydrogens (tertiary/aromatic N) is 1. The standard InChI is InChI=1S/C11H7ClFNO3/c1-5-9(11(15)16)17-10(14-5)7-3-2-6(12)4-8(7)13/h2-4H,1H3,(H,15,16). The Morgan fingerprint density at radius 2 is 2.24 bits per heavy atom. The van der Waals surface area contributed by atoms with Gasteiger partial charge >= 0.3 is 5.97 Å². The fourth-order valence-electron chi connectivity index (χ4n) is 1.37. The molecule has 0 fully saturated rings. The minimum atomic E-state index is -1.24. The summed E-state index contributed by atoms with van der Waals surface area (Å²) in [5, 5.41) is 9.03. The smallest absolute Gasteiger partial charge is 0.373 e. The van der Waals surface area contributed by atoms with Crippen molar-refractivity contribution >= 4 is 17.6 Å². The van der Waals surface area contributed by atoms with Crippen molar-refractivity contribution in [3.05, 3.63) is 40.5 Å². The van der Waals surface area contributed by atoms with Gasteiger partial charge in [0.05, 0.1) is 11.3 Å². The number of hydrogen-bond donors (Lipinski definition) is 1. The van der Waals surface area contributed by atoms with Crippen LogP contribution in [-0.4, -0.2) is 16.1 Å². The van der Waals surface area contributed by atoms with E-state index in [2.05, 4.69) is 4.98 Å². The van der Waals surface area contributed by atoms with Crippen molar-refractivity contribution in [2.45, 2.75) is 6.92 Å². The molecule has 2 aromatic rings. The summed E-state index contributed by atoms with van der Waals surface area (Å²) in [6.07, 6.45) is 0. The summed E-state index contributed by atoms with van der Waals surface area (Å²) in [5.41, 5.74) is 0.270. The average Bonchev–Trinajstić information content (AvgIpc) is 2.60. The summed E-state index contributed by atoms with van der Waals surface area (Å²) in [5.74, 6) is -2.23. The van der Waals surface area contributed by atoms with E-state index in [4.69, 9.17) is 21.1 Å². The van der Waals surface area contributed by atoms with Gasteiger partial charge in [-0.2, -0.15) is 0 Å². The van der Waals surface area contributed by atoms with E-state index in [1.54, 1.807) is 0 Å². The van der Waals surface area contributed by atoms with Crippen molar-refractivity contribution in [2.24, 2.45) is 0 Å². The summed E-state index contributed by atoms with van der Waals surface area (Å²) in [6, 6.07) is 3.96. The molecule has 17 heavy (non-hydrogen) atoms. The molecule has 1 heterocycles. The lowest BCUT2D eigenvalue weighted by molar-refractivity contribution is 0.0662. The zero-order valence-corrected chi connectivity index (χ0v) is 9.45. The molecule has 0 spiro atoms. The zero-order valence-electron chi connectivity index (χ0n) is 8.70. The fraction of sp³-hybridized carbons (Fsp3) is 0.0909. The van der Waals surface area contributed by atoms with Gasteiger partial charge in [0.1, 0.15) is 5.82 Å². The van der Waals surface area contributed by atoms with Crippen molar-refractivity contribution in [1.29, 1.82) is 0 Å². The summed E-state index contributed by atoms with van der Waals surface area (Å²) in [4.78, 5) is 14.6. The molecule has 0 bridgehead atoms. The quantitative estimate of drug-likeness (QED) is 0.895. The van der Waals surface area contributed by atoms with E-state index in [1.165, 1.54) is 19.1 Å². The first-order valence-electron chi connectivity index (χ1n) is 4.65. The maximum atomic E-state index is 13.5. The van der Waals surface area contributed by atoms with E-state index in [0.717, 1.165) is 6.07 Å². The summed E-state index contributed by atoms with van der Waals surface area (Å²) in [6.45, 7) is 1.48. The van der Waals surface area contributed by atoms with Gasteiger partial charge in [0.2, 0.25) is 11.7 Å². The molecule has 0 aliphatic heterocycles.